The predicted molar refractivity (Wildman–Crippen MR) is 132 cm³/mol. The van der Waals surface area contributed by atoms with Crippen LogP contribution in [0, 0.1) is 11.6 Å². The number of nitrogens with zero attached hydrogens (tertiary/aromatic N) is 3. The molecular weight excluding hydrogens is 530 g/mol. The molecule has 2 aromatic carbocycles. The fourth-order valence-electron chi connectivity index (χ4n) is 3.77. The minimum Gasteiger partial charge on any atom is -0.354 e. The van der Waals surface area contributed by atoms with Crippen molar-refractivity contribution in [3.05, 3.63) is 59.1 Å². The maximum atomic E-state index is 13.8. The first-order valence-corrected chi connectivity index (χ1v) is 13.2. The third-order valence-electron chi connectivity index (χ3n) is 5.56. The van der Waals surface area contributed by atoms with Crippen LogP contribution in [-0.2, 0) is 26.2 Å². The van der Waals surface area contributed by atoms with E-state index < -0.39 is 52.3 Å². The maximum Gasteiger partial charge on any atom is 0.330 e. The van der Waals surface area contributed by atoms with Crippen LogP contribution < -0.4 is 20.3 Å². The highest BCUT2D eigenvalue weighted by Crippen LogP contribution is 2.24. The summed E-state index contributed by atoms with van der Waals surface area (Å²) in [5.74, 6) is -2.96. The van der Waals surface area contributed by atoms with Crippen LogP contribution in [0.3, 0.4) is 0 Å². The van der Waals surface area contributed by atoms with E-state index in [1.54, 1.807) is 28.4 Å². The molecule has 0 radical (unpaired) electrons. The van der Waals surface area contributed by atoms with Gasteiger partial charge < -0.3 is 15.5 Å². The van der Waals surface area contributed by atoms with Crippen molar-refractivity contribution >= 4 is 55.3 Å². The molecule has 1 aliphatic rings. The number of carbonyl (C=O) groups excluding carboxylic acids is 3. The lowest BCUT2D eigenvalue weighted by atomic mass is 10.0. The molecule has 1 aliphatic heterocycles. The van der Waals surface area contributed by atoms with E-state index in [-0.39, 0.29) is 25.1 Å². The topological polar surface area (TPSA) is 141 Å². The van der Waals surface area contributed by atoms with Gasteiger partial charge in [-0.1, -0.05) is 0 Å². The lowest BCUT2D eigenvalue weighted by molar-refractivity contribution is -0.122. The van der Waals surface area contributed by atoms with Crippen molar-refractivity contribution in [3.8, 4) is 0 Å². The van der Waals surface area contributed by atoms with Crippen LogP contribution in [0.5, 0.6) is 0 Å². The molecule has 0 bridgehead atoms. The van der Waals surface area contributed by atoms with Gasteiger partial charge in [-0.05, 0) is 35.9 Å². The molecule has 0 unspecified atom stereocenters. The van der Waals surface area contributed by atoms with Crippen molar-refractivity contribution in [1.29, 1.82) is 0 Å². The number of thiazole rings is 1. The van der Waals surface area contributed by atoms with Crippen LogP contribution in [0.1, 0.15) is 5.56 Å². The van der Waals surface area contributed by atoms with E-state index in [1.807, 2.05) is 0 Å². The third-order valence-corrected chi connectivity index (χ3v) is 7.81. The Morgan fingerprint density at radius 2 is 1.95 bits per heavy atom. The first-order valence-electron chi connectivity index (χ1n) is 10.9. The van der Waals surface area contributed by atoms with E-state index in [0.717, 1.165) is 21.1 Å². The van der Waals surface area contributed by atoms with Crippen LogP contribution in [0.2, 0.25) is 0 Å². The Balaban J connectivity index is 1.56. The second-order valence-corrected chi connectivity index (χ2v) is 10.8. The second-order valence-electron chi connectivity index (χ2n) is 8.20. The Morgan fingerprint density at radius 3 is 2.65 bits per heavy atom. The number of halogens is 2. The predicted octanol–water partition coefficient (Wildman–Crippen LogP) is 1.12. The minimum atomic E-state index is -4.40. The van der Waals surface area contributed by atoms with Crippen LogP contribution in [0.15, 0.2) is 41.9 Å². The summed E-state index contributed by atoms with van der Waals surface area (Å²) < 4.78 is 56.2. The molecule has 1 aromatic heterocycles. The normalized spacial score (nSPS) is 15.2. The number of nitrogens with one attached hydrogen (secondary N) is 3. The van der Waals surface area contributed by atoms with Crippen LogP contribution in [-0.4, -0.2) is 68.3 Å². The van der Waals surface area contributed by atoms with E-state index in [1.165, 1.54) is 23.3 Å². The largest absolute Gasteiger partial charge is 0.354 e. The number of urea groups is 1. The zero-order valence-electron chi connectivity index (χ0n) is 19.4. The summed E-state index contributed by atoms with van der Waals surface area (Å²) in [4.78, 5) is 43.0. The SMILES string of the molecule is CN(C(=O)[C@H](Cc1cc(F)cc(F)c1)NC(=O)NS(=O)(=O)N1CCNC(=O)C1)c1ccc2scnc2c1. The standard InChI is InChI=1S/C22H22F2N6O5S2/c1-29(16-2-3-19-17(10-16)26-12-36-19)21(32)18(8-13-6-14(23)9-15(24)7-13)27-22(33)28-37(34,35)30-5-4-25-20(31)11-30/h2-3,6-7,9-10,12,18H,4-5,8,11H2,1H3,(H,25,31)(H2,27,28,33)/t18-/m0/s1. The molecule has 0 saturated carbocycles. The molecule has 1 saturated heterocycles. The molecule has 196 valence electrons. The molecule has 1 atom stereocenters. The summed E-state index contributed by atoms with van der Waals surface area (Å²) in [5.41, 5.74) is 2.80. The lowest BCUT2D eigenvalue weighted by Gasteiger charge is -2.27. The second kappa shape index (κ2) is 10.7. The molecule has 15 heteroatoms. The number of rotatable bonds is 7. The highest BCUT2D eigenvalue weighted by atomic mass is 32.2. The summed E-state index contributed by atoms with van der Waals surface area (Å²) in [5, 5.41) is 4.76. The van der Waals surface area contributed by atoms with Crippen molar-refractivity contribution < 1.29 is 31.6 Å². The van der Waals surface area contributed by atoms with E-state index in [4.69, 9.17) is 0 Å². The van der Waals surface area contributed by atoms with Crippen molar-refractivity contribution in [3.63, 3.8) is 0 Å². The number of anilines is 1. The molecule has 0 aliphatic carbocycles. The van der Waals surface area contributed by atoms with E-state index in [2.05, 4.69) is 15.6 Å². The molecule has 37 heavy (non-hydrogen) atoms. The fraction of sp³-hybridized carbons (Fsp3) is 0.273. The number of likely N-dealkylation sites (N-methyl/N-ethyl adjacent to an activating group) is 1. The number of amides is 4. The Morgan fingerprint density at radius 1 is 1.22 bits per heavy atom. The number of piperazine rings is 1. The van der Waals surface area contributed by atoms with Gasteiger partial charge in [0.1, 0.15) is 17.7 Å². The van der Waals surface area contributed by atoms with Gasteiger partial charge in [0.15, 0.2) is 0 Å². The van der Waals surface area contributed by atoms with Crippen molar-refractivity contribution in [2.45, 2.75) is 12.5 Å². The Hall–Kier alpha value is -3.69. The molecule has 3 aromatic rings. The maximum absolute atomic E-state index is 13.8. The molecule has 1 fully saturated rings. The van der Waals surface area contributed by atoms with Gasteiger partial charge in [0.2, 0.25) is 11.8 Å². The first kappa shape index (κ1) is 26.4. The van der Waals surface area contributed by atoms with Gasteiger partial charge >= 0.3 is 16.2 Å². The van der Waals surface area contributed by atoms with Gasteiger partial charge in [0.05, 0.1) is 22.3 Å². The van der Waals surface area contributed by atoms with Gasteiger partial charge in [-0.25, -0.2) is 23.3 Å². The number of hydrogen-bond donors (Lipinski definition) is 3. The zero-order valence-corrected chi connectivity index (χ0v) is 21.0. The van der Waals surface area contributed by atoms with Gasteiger partial charge in [-0.3, -0.25) is 9.59 Å². The number of hydrogen-bond acceptors (Lipinski definition) is 7. The monoisotopic (exact) mass is 552 g/mol. The van der Waals surface area contributed by atoms with Crippen LogP contribution in [0.4, 0.5) is 19.3 Å². The van der Waals surface area contributed by atoms with Gasteiger partial charge in [0.25, 0.3) is 0 Å². The lowest BCUT2D eigenvalue weighted by Crippen LogP contribution is -2.57. The smallest absolute Gasteiger partial charge is 0.330 e. The first-order chi connectivity index (χ1) is 17.5. The Bertz CT molecular complexity index is 1440. The summed E-state index contributed by atoms with van der Waals surface area (Å²) in [6, 6.07) is 5.13. The van der Waals surface area contributed by atoms with Crippen molar-refractivity contribution in [1.82, 2.24) is 24.6 Å². The van der Waals surface area contributed by atoms with E-state index in [9.17, 15) is 31.6 Å². The number of benzene rings is 2. The Labute approximate surface area is 214 Å². The number of fused-ring (bicyclic) bond motifs is 1. The van der Waals surface area contributed by atoms with Crippen LogP contribution in [0.25, 0.3) is 10.2 Å². The molecule has 2 heterocycles. The quantitative estimate of drug-likeness (QED) is 0.401. The summed E-state index contributed by atoms with van der Waals surface area (Å²) in [6.45, 7) is -0.460. The van der Waals surface area contributed by atoms with E-state index >= 15 is 0 Å². The molecule has 3 N–H and O–H groups in total. The average molecular weight is 553 g/mol. The van der Waals surface area contributed by atoms with Crippen LogP contribution >= 0.6 is 11.3 Å². The van der Waals surface area contributed by atoms with Gasteiger partial charge in [-0.15, -0.1) is 11.3 Å². The summed E-state index contributed by atoms with van der Waals surface area (Å²) in [7, 11) is -2.96. The van der Waals surface area contributed by atoms with Crippen molar-refractivity contribution in [2.75, 3.05) is 31.6 Å². The number of carbonyl (C=O) groups is 3. The average Bonchev–Trinajstić information content (AvgIpc) is 3.30. The van der Waals surface area contributed by atoms with E-state index in [0.29, 0.717) is 17.3 Å². The number of aromatic nitrogens is 1. The third kappa shape index (κ3) is 6.36. The zero-order chi connectivity index (χ0) is 26.7. The molecule has 4 amide bonds. The van der Waals surface area contributed by atoms with Gasteiger partial charge in [0, 0.05) is 38.3 Å². The minimum absolute atomic E-state index is 0.0544. The highest BCUT2D eigenvalue weighted by molar-refractivity contribution is 7.87. The molecule has 11 nitrogen and oxygen atoms in total. The molecule has 4 rings (SSSR count). The molecule has 0 spiro atoms. The Kier molecular flexibility index (Phi) is 7.65. The summed E-state index contributed by atoms with van der Waals surface area (Å²) in [6.07, 6.45) is -0.337. The van der Waals surface area contributed by atoms with Crippen molar-refractivity contribution in [2.24, 2.45) is 0 Å². The van der Waals surface area contributed by atoms with Gasteiger partial charge in [-0.2, -0.15) is 12.7 Å². The summed E-state index contributed by atoms with van der Waals surface area (Å²) >= 11 is 1.42. The fourth-order valence-corrected chi connectivity index (χ4v) is 5.47. The molecular formula is C22H22F2N6O5S2. The highest BCUT2D eigenvalue weighted by Gasteiger charge is 2.31.